The van der Waals surface area contributed by atoms with E-state index in [-0.39, 0.29) is 24.5 Å². The number of likely N-dealkylation sites (N-methyl/N-ethyl adjacent to an activating group) is 1. The van der Waals surface area contributed by atoms with Crippen LogP contribution in [0.5, 0.6) is 0 Å². The smallest absolute Gasteiger partial charge is 0.317 e. The lowest BCUT2D eigenvalue weighted by Gasteiger charge is -2.42. The van der Waals surface area contributed by atoms with Crippen molar-refractivity contribution in [1.29, 1.82) is 0 Å². The molecule has 3 rings (SSSR count). The van der Waals surface area contributed by atoms with E-state index in [1.165, 1.54) is 0 Å². The van der Waals surface area contributed by atoms with E-state index in [1.54, 1.807) is 17.1 Å². The fourth-order valence-corrected chi connectivity index (χ4v) is 3.52. The van der Waals surface area contributed by atoms with Crippen LogP contribution in [0.15, 0.2) is 30.6 Å². The number of hydrogen-bond donors (Lipinski definition) is 2. The third-order valence-corrected chi connectivity index (χ3v) is 5.02. The van der Waals surface area contributed by atoms with Crippen LogP contribution in [0.25, 0.3) is 5.82 Å². The number of carbonyl (C=O) groups is 2. The molecule has 0 atom stereocenters. The quantitative estimate of drug-likeness (QED) is 0.729. The molecule has 0 spiro atoms. The van der Waals surface area contributed by atoms with Crippen molar-refractivity contribution in [3.8, 4) is 5.82 Å². The van der Waals surface area contributed by atoms with Gasteiger partial charge in [0.15, 0.2) is 5.82 Å². The number of aliphatic carboxylic acids is 1. The average molecular weight is 371 g/mol. The third-order valence-electron chi connectivity index (χ3n) is 5.02. The first-order chi connectivity index (χ1) is 13.0. The maximum atomic E-state index is 12.7. The molecule has 0 aliphatic heterocycles. The summed E-state index contributed by atoms with van der Waals surface area (Å²) in [6.07, 6.45) is 5.48. The number of nitrogens with one attached hydrogen (secondary N) is 1. The first-order valence-electron chi connectivity index (χ1n) is 9.28. The van der Waals surface area contributed by atoms with Crippen molar-refractivity contribution < 1.29 is 14.7 Å². The standard InChI is InChI=1S/C19H25N5O3/c1-3-16-15(11-21-24(16)17-7-5-6-8-20-17)19(27)22-13-9-14(10-13)23(4-2)12-18(25)26/h5-8,11,13-14H,3-4,9-10,12H2,1-2H3,(H,22,27)(H,25,26). The Morgan fingerprint density at radius 2 is 2.11 bits per heavy atom. The van der Waals surface area contributed by atoms with Crippen LogP contribution in [0.3, 0.4) is 0 Å². The van der Waals surface area contributed by atoms with Crippen LogP contribution in [0, 0.1) is 0 Å². The molecule has 8 heteroatoms. The highest BCUT2D eigenvalue weighted by molar-refractivity contribution is 5.95. The lowest BCUT2D eigenvalue weighted by atomic mass is 9.85. The van der Waals surface area contributed by atoms with Crippen LogP contribution in [-0.2, 0) is 11.2 Å². The molecule has 144 valence electrons. The lowest BCUT2D eigenvalue weighted by molar-refractivity contribution is -0.139. The number of rotatable bonds is 8. The largest absolute Gasteiger partial charge is 0.480 e. The first-order valence-corrected chi connectivity index (χ1v) is 9.28. The maximum Gasteiger partial charge on any atom is 0.317 e. The molecule has 0 unspecified atom stereocenters. The maximum absolute atomic E-state index is 12.7. The molecule has 2 aromatic rings. The molecule has 0 radical (unpaired) electrons. The summed E-state index contributed by atoms with van der Waals surface area (Å²) < 4.78 is 1.70. The van der Waals surface area contributed by atoms with Gasteiger partial charge in [0.1, 0.15) is 0 Å². The van der Waals surface area contributed by atoms with Crippen LogP contribution < -0.4 is 5.32 Å². The fourth-order valence-electron chi connectivity index (χ4n) is 3.52. The number of nitrogens with zero attached hydrogens (tertiary/aromatic N) is 4. The van der Waals surface area contributed by atoms with Gasteiger partial charge in [-0.1, -0.05) is 19.9 Å². The molecular formula is C19H25N5O3. The average Bonchev–Trinajstić information content (AvgIpc) is 3.07. The zero-order valence-electron chi connectivity index (χ0n) is 15.6. The van der Waals surface area contributed by atoms with Crippen LogP contribution in [0.1, 0.15) is 42.7 Å². The van der Waals surface area contributed by atoms with Crippen molar-refractivity contribution in [3.63, 3.8) is 0 Å². The minimum absolute atomic E-state index is 0.0403. The number of carboxylic acids is 1. The van der Waals surface area contributed by atoms with Crippen molar-refractivity contribution in [1.82, 2.24) is 25.0 Å². The molecule has 0 aromatic carbocycles. The van der Waals surface area contributed by atoms with Gasteiger partial charge in [-0.05, 0) is 37.9 Å². The third kappa shape index (κ3) is 4.16. The molecule has 0 bridgehead atoms. The van der Waals surface area contributed by atoms with Crippen LogP contribution >= 0.6 is 0 Å². The minimum atomic E-state index is -0.821. The van der Waals surface area contributed by atoms with E-state index in [0.29, 0.717) is 24.3 Å². The Labute approximate surface area is 158 Å². The van der Waals surface area contributed by atoms with Gasteiger partial charge in [0.05, 0.1) is 24.0 Å². The number of amides is 1. The van der Waals surface area contributed by atoms with Crippen LogP contribution in [0.4, 0.5) is 0 Å². The molecule has 27 heavy (non-hydrogen) atoms. The summed E-state index contributed by atoms with van der Waals surface area (Å²) in [6.45, 7) is 4.67. The zero-order valence-corrected chi connectivity index (χ0v) is 15.6. The topological polar surface area (TPSA) is 100 Å². The number of carboxylic acid groups (broad SMARTS) is 1. The van der Waals surface area contributed by atoms with Crippen molar-refractivity contribution in [3.05, 3.63) is 41.9 Å². The van der Waals surface area contributed by atoms with Gasteiger partial charge in [-0.3, -0.25) is 14.5 Å². The molecule has 1 fully saturated rings. The first kappa shape index (κ1) is 19.0. The number of hydrogen-bond acceptors (Lipinski definition) is 5. The summed E-state index contributed by atoms with van der Waals surface area (Å²) in [6, 6.07) is 5.84. The summed E-state index contributed by atoms with van der Waals surface area (Å²) in [5.41, 5.74) is 1.38. The molecule has 0 saturated heterocycles. The lowest BCUT2D eigenvalue weighted by Crippen LogP contribution is -2.54. The van der Waals surface area contributed by atoms with Gasteiger partial charge in [0.25, 0.3) is 5.91 Å². The van der Waals surface area contributed by atoms with Gasteiger partial charge in [-0.15, -0.1) is 0 Å². The summed E-state index contributed by atoms with van der Waals surface area (Å²) in [5, 5.41) is 16.4. The minimum Gasteiger partial charge on any atom is -0.480 e. The Bertz CT molecular complexity index is 799. The molecule has 1 aliphatic carbocycles. The van der Waals surface area contributed by atoms with Gasteiger partial charge >= 0.3 is 5.97 Å². The Hall–Kier alpha value is -2.74. The summed E-state index contributed by atoms with van der Waals surface area (Å²) in [7, 11) is 0. The van der Waals surface area contributed by atoms with E-state index >= 15 is 0 Å². The van der Waals surface area contributed by atoms with E-state index in [0.717, 1.165) is 18.5 Å². The normalized spacial score (nSPS) is 18.9. The summed E-state index contributed by atoms with van der Waals surface area (Å²) >= 11 is 0. The van der Waals surface area contributed by atoms with E-state index < -0.39 is 5.97 Å². The van der Waals surface area contributed by atoms with Crippen molar-refractivity contribution in [2.24, 2.45) is 0 Å². The molecule has 8 nitrogen and oxygen atoms in total. The van der Waals surface area contributed by atoms with Gasteiger partial charge < -0.3 is 10.4 Å². The predicted octanol–water partition coefficient (Wildman–Crippen LogP) is 1.50. The van der Waals surface area contributed by atoms with E-state index in [1.807, 2.05) is 36.9 Å². The Kier molecular flexibility index (Phi) is 5.85. The monoisotopic (exact) mass is 371 g/mol. The SMILES string of the molecule is CCc1c(C(=O)NC2CC(N(CC)CC(=O)O)C2)cnn1-c1ccccn1. The van der Waals surface area contributed by atoms with Crippen LogP contribution in [-0.4, -0.2) is 61.8 Å². The van der Waals surface area contributed by atoms with E-state index in [4.69, 9.17) is 5.11 Å². The Morgan fingerprint density at radius 3 is 2.70 bits per heavy atom. The summed E-state index contributed by atoms with van der Waals surface area (Å²) in [4.78, 5) is 29.9. The van der Waals surface area contributed by atoms with Gasteiger partial charge in [-0.2, -0.15) is 5.10 Å². The van der Waals surface area contributed by atoms with Gasteiger partial charge in [-0.25, -0.2) is 9.67 Å². The highest BCUT2D eigenvalue weighted by atomic mass is 16.4. The van der Waals surface area contributed by atoms with Crippen molar-refractivity contribution in [2.75, 3.05) is 13.1 Å². The fraction of sp³-hybridized carbons (Fsp3) is 0.474. The highest BCUT2D eigenvalue weighted by Gasteiger charge is 2.35. The Morgan fingerprint density at radius 1 is 1.33 bits per heavy atom. The molecular weight excluding hydrogens is 346 g/mol. The van der Waals surface area contributed by atoms with E-state index in [9.17, 15) is 9.59 Å². The van der Waals surface area contributed by atoms with Gasteiger partial charge in [0.2, 0.25) is 0 Å². The predicted molar refractivity (Wildman–Crippen MR) is 99.9 cm³/mol. The van der Waals surface area contributed by atoms with E-state index in [2.05, 4.69) is 15.4 Å². The number of pyridine rings is 1. The van der Waals surface area contributed by atoms with Crippen LogP contribution in [0.2, 0.25) is 0 Å². The molecule has 2 aromatic heterocycles. The molecule has 1 amide bonds. The molecule has 1 aliphatic rings. The summed E-state index contributed by atoms with van der Waals surface area (Å²) in [5.74, 6) is -0.276. The van der Waals surface area contributed by atoms with Crippen molar-refractivity contribution in [2.45, 2.75) is 45.2 Å². The second kappa shape index (κ2) is 8.30. The molecule has 2 N–H and O–H groups in total. The number of carbonyl (C=O) groups excluding carboxylic acids is 1. The second-order valence-electron chi connectivity index (χ2n) is 6.71. The number of aromatic nitrogens is 3. The molecule has 1 saturated carbocycles. The molecule has 2 heterocycles. The second-order valence-corrected chi connectivity index (χ2v) is 6.71. The van der Waals surface area contributed by atoms with Gasteiger partial charge in [0, 0.05) is 18.3 Å². The zero-order chi connectivity index (χ0) is 19.4. The van der Waals surface area contributed by atoms with Crippen molar-refractivity contribution >= 4 is 11.9 Å². The highest BCUT2D eigenvalue weighted by Crippen LogP contribution is 2.26. The Balaban J connectivity index is 1.63.